The highest BCUT2D eigenvalue weighted by Gasteiger charge is 2.33. The number of anilines is 1. The zero-order chi connectivity index (χ0) is 14.8. The highest BCUT2D eigenvalue weighted by molar-refractivity contribution is 9.10. The second-order valence-electron chi connectivity index (χ2n) is 5.54. The van der Waals surface area contributed by atoms with Gasteiger partial charge >= 0.3 is 0 Å². The summed E-state index contributed by atoms with van der Waals surface area (Å²) in [6, 6.07) is 0. The minimum Gasteiger partial charge on any atom is -0.369 e. The molecule has 1 saturated heterocycles. The van der Waals surface area contributed by atoms with E-state index in [9.17, 15) is 0 Å². The van der Waals surface area contributed by atoms with Crippen molar-refractivity contribution in [3.63, 3.8) is 0 Å². The van der Waals surface area contributed by atoms with Crippen molar-refractivity contribution in [3.05, 3.63) is 16.0 Å². The highest BCUT2D eigenvalue weighted by Crippen LogP contribution is 2.47. The molecular weight excluding hydrogens is 366 g/mol. The molecule has 3 nitrogen and oxygen atoms in total. The van der Waals surface area contributed by atoms with E-state index in [1.165, 1.54) is 36.5 Å². The van der Waals surface area contributed by atoms with Crippen LogP contribution in [-0.4, -0.2) is 33.3 Å². The summed E-state index contributed by atoms with van der Waals surface area (Å²) in [7, 11) is 0. The van der Waals surface area contributed by atoms with Crippen LogP contribution < -0.4 is 5.32 Å². The van der Waals surface area contributed by atoms with Gasteiger partial charge in [-0.3, -0.25) is 0 Å². The van der Waals surface area contributed by atoms with Gasteiger partial charge in [-0.25, -0.2) is 9.97 Å². The number of halogens is 1. The van der Waals surface area contributed by atoms with Gasteiger partial charge in [0.05, 0.1) is 15.4 Å². The van der Waals surface area contributed by atoms with Gasteiger partial charge in [0.25, 0.3) is 0 Å². The molecule has 0 bridgehead atoms. The van der Waals surface area contributed by atoms with Crippen molar-refractivity contribution in [2.24, 2.45) is 0 Å². The maximum Gasteiger partial charge on any atom is 0.145 e. The maximum atomic E-state index is 4.97. The average molecular weight is 388 g/mol. The van der Waals surface area contributed by atoms with E-state index in [0.717, 1.165) is 22.7 Å². The summed E-state index contributed by atoms with van der Waals surface area (Å²) in [6.45, 7) is 5.29. The van der Waals surface area contributed by atoms with Gasteiger partial charge in [0, 0.05) is 29.2 Å². The molecule has 1 aliphatic heterocycles. The van der Waals surface area contributed by atoms with E-state index in [4.69, 9.17) is 9.97 Å². The van der Waals surface area contributed by atoms with Crippen molar-refractivity contribution in [2.45, 2.75) is 49.5 Å². The van der Waals surface area contributed by atoms with E-state index in [2.05, 4.69) is 46.9 Å². The number of rotatable bonds is 5. The Labute approximate surface area is 144 Å². The molecule has 21 heavy (non-hydrogen) atoms. The molecule has 0 aromatic carbocycles. The van der Waals surface area contributed by atoms with Crippen LogP contribution in [-0.2, 0) is 0 Å². The predicted molar refractivity (Wildman–Crippen MR) is 97.6 cm³/mol. The van der Waals surface area contributed by atoms with Crippen LogP contribution in [0.1, 0.15) is 55.8 Å². The van der Waals surface area contributed by atoms with E-state index in [0.29, 0.717) is 16.4 Å². The lowest BCUT2D eigenvalue weighted by atomic mass is 10.2. The smallest absolute Gasteiger partial charge is 0.145 e. The summed E-state index contributed by atoms with van der Waals surface area (Å²) >= 11 is 7.83. The molecule has 1 aliphatic carbocycles. The van der Waals surface area contributed by atoms with Crippen LogP contribution in [0.5, 0.6) is 0 Å². The van der Waals surface area contributed by atoms with Crippen molar-refractivity contribution in [2.75, 3.05) is 23.4 Å². The van der Waals surface area contributed by atoms with Crippen molar-refractivity contribution in [3.8, 4) is 0 Å². The number of nitrogens with one attached hydrogen (secondary N) is 1. The lowest BCUT2D eigenvalue weighted by Crippen LogP contribution is -2.21. The molecule has 1 aromatic rings. The molecule has 1 N–H and O–H groups in total. The molecule has 6 heteroatoms. The van der Waals surface area contributed by atoms with E-state index >= 15 is 0 Å². The third kappa shape index (κ3) is 3.53. The summed E-state index contributed by atoms with van der Waals surface area (Å²) in [4.78, 5) is 9.82. The van der Waals surface area contributed by atoms with Crippen LogP contribution in [0.4, 0.5) is 5.82 Å². The lowest BCUT2D eigenvalue weighted by molar-refractivity contribution is 0.738. The quantitative estimate of drug-likeness (QED) is 0.781. The first-order chi connectivity index (χ1) is 10.2. The SMILES string of the molecule is CCNc1nc(C2SCCSC2CC)nc(C2CC2)c1Br. The van der Waals surface area contributed by atoms with Crippen LogP contribution in [0.3, 0.4) is 0 Å². The lowest BCUT2D eigenvalue weighted by Gasteiger charge is -2.29. The minimum atomic E-state index is 0.441. The molecule has 0 spiro atoms. The number of nitrogens with zero attached hydrogens (tertiary/aromatic N) is 2. The van der Waals surface area contributed by atoms with Gasteiger partial charge in [-0.05, 0) is 42.1 Å². The first kappa shape index (κ1) is 15.9. The number of aromatic nitrogens is 2. The number of hydrogen-bond donors (Lipinski definition) is 1. The summed E-state index contributed by atoms with van der Waals surface area (Å²) in [5.41, 5.74) is 1.22. The Balaban J connectivity index is 1.96. The van der Waals surface area contributed by atoms with Gasteiger partial charge in [0.1, 0.15) is 11.6 Å². The molecule has 1 aromatic heterocycles. The van der Waals surface area contributed by atoms with E-state index in [-0.39, 0.29) is 0 Å². The summed E-state index contributed by atoms with van der Waals surface area (Å²) in [6.07, 6.45) is 3.73. The van der Waals surface area contributed by atoms with Gasteiger partial charge in [-0.15, -0.1) is 11.8 Å². The van der Waals surface area contributed by atoms with Crippen LogP contribution in [0.25, 0.3) is 0 Å². The number of hydrogen-bond acceptors (Lipinski definition) is 5. The summed E-state index contributed by atoms with van der Waals surface area (Å²) in [5.74, 6) is 5.13. The zero-order valence-electron chi connectivity index (χ0n) is 12.6. The van der Waals surface area contributed by atoms with E-state index in [1.807, 2.05) is 11.8 Å². The molecule has 2 heterocycles. The third-order valence-electron chi connectivity index (χ3n) is 3.91. The van der Waals surface area contributed by atoms with Crippen LogP contribution in [0.2, 0.25) is 0 Å². The van der Waals surface area contributed by atoms with Crippen LogP contribution >= 0.6 is 39.5 Å². The fraction of sp³-hybridized carbons (Fsp3) is 0.733. The standard InChI is InChI=1S/C15H22BrN3S2/c1-3-10-13(21-8-7-20-10)15-18-12(9-5-6-9)11(16)14(19-15)17-4-2/h9-10,13H,3-8H2,1-2H3,(H,17,18,19). The van der Waals surface area contributed by atoms with Gasteiger partial charge < -0.3 is 5.32 Å². The molecule has 2 fully saturated rings. The average Bonchev–Trinajstić information content (AvgIpc) is 3.34. The molecule has 2 atom stereocenters. The topological polar surface area (TPSA) is 37.8 Å². The van der Waals surface area contributed by atoms with Gasteiger partial charge in [0.2, 0.25) is 0 Å². The molecule has 1 saturated carbocycles. The summed E-state index contributed by atoms with van der Waals surface area (Å²) in [5, 5.41) is 4.48. The van der Waals surface area contributed by atoms with Crippen molar-refractivity contribution in [1.29, 1.82) is 0 Å². The van der Waals surface area contributed by atoms with E-state index in [1.54, 1.807) is 0 Å². The van der Waals surface area contributed by atoms with Gasteiger partial charge in [-0.2, -0.15) is 11.8 Å². The fourth-order valence-corrected chi connectivity index (χ4v) is 6.30. The normalized spacial score (nSPS) is 25.9. The molecule has 116 valence electrons. The monoisotopic (exact) mass is 387 g/mol. The molecule has 0 radical (unpaired) electrons. The van der Waals surface area contributed by atoms with Crippen LogP contribution in [0.15, 0.2) is 4.47 Å². The Morgan fingerprint density at radius 2 is 1.95 bits per heavy atom. The third-order valence-corrected chi connectivity index (χ3v) is 7.93. The molecule has 2 unspecified atom stereocenters. The first-order valence-corrected chi connectivity index (χ1v) is 10.7. The fourth-order valence-electron chi connectivity index (χ4n) is 2.66. The highest BCUT2D eigenvalue weighted by atomic mass is 79.9. The van der Waals surface area contributed by atoms with Gasteiger partial charge in [0.15, 0.2) is 0 Å². The Bertz CT molecular complexity index is 508. The van der Waals surface area contributed by atoms with Crippen molar-refractivity contribution in [1.82, 2.24) is 9.97 Å². The second kappa shape index (κ2) is 7.09. The Morgan fingerprint density at radius 3 is 2.62 bits per heavy atom. The first-order valence-electron chi connectivity index (χ1n) is 7.79. The van der Waals surface area contributed by atoms with E-state index < -0.39 is 0 Å². The Kier molecular flexibility index (Phi) is 5.38. The van der Waals surface area contributed by atoms with Gasteiger partial charge in [-0.1, -0.05) is 6.92 Å². The number of thioether (sulfide) groups is 2. The second-order valence-corrected chi connectivity index (χ2v) is 8.93. The Hall–Kier alpha value is 0.0600. The van der Waals surface area contributed by atoms with Crippen molar-refractivity contribution < 1.29 is 0 Å². The molecule has 3 rings (SSSR count). The molecule has 2 aliphatic rings. The molecule has 0 amide bonds. The predicted octanol–water partition coefficient (Wildman–Crippen LogP) is 4.85. The zero-order valence-corrected chi connectivity index (χ0v) is 15.8. The maximum absolute atomic E-state index is 4.97. The van der Waals surface area contributed by atoms with Crippen LogP contribution in [0, 0.1) is 0 Å². The Morgan fingerprint density at radius 1 is 1.19 bits per heavy atom. The van der Waals surface area contributed by atoms with Crippen molar-refractivity contribution >= 4 is 45.3 Å². The molecular formula is C15H22BrN3S2. The minimum absolute atomic E-state index is 0.441. The largest absolute Gasteiger partial charge is 0.369 e. The summed E-state index contributed by atoms with van der Waals surface area (Å²) < 4.78 is 1.08.